The Bertz CT molecular complexity index is 698. The van der Waals surface area contributed by atoms with Gasteiger partial charge < -0.3 is 0 Å². The predicted octanol–water partition coefficient (Wildman–Crippen LogP) is 1.93. The first kappa shape index (κ1) is 14.5. The van der Waals surface area contributed by atoms with Gasteiger partial charge in [-0.05, 0) is 49.9 Å². The number of nitriles is 2. The van der Waals surface area contributed by atoms with Crippen molar-refractivity contribution in [2.24, 2.45) is 0 Å². The molecule has 0 aliphatic carbocycles. The summed E-state index contributed by atoms with van der Waals surface area (Å²) in [6.07, 6.45) is 2.22. The van der Waals surface area contributed by atoms with Crippen molar-refractivity contribution in [1.82, 2.24) is 4.31 Å². The van der Waals surface area contributed by atoms with Crippen LogP contribution in [0.4, 0.5) is 0 Å². The molecule has 0 aromatic heterocycles. The molecule has 1 heterocycles. The normalized spacial score (nSPS) is 20.1. The summed E-state index contributed by atoms with van der Waals surface area (Å²) in [4.78, 5) is 0.179. The van der Waals surface area contributed by atoms with E-state index in [-0.39, 0.29) is 4.90 Å². The van der Waals surface area contributed by atoms with Crippen LogP contribution in [0.1, 0.15) is 30.4 Å². The van der Waals surface area contributed by atoms with E-state index in [4.69, 9.17) is 10.5 Å². The van der Waals surface area contributed by atoms with Crippen LogP contribution in [0, 0.1) is 29.6 Å². The third-order valence-electron chi connectivity index (χ3n) is 3.49. The van der Waals surface area contributed by atoms with Crippen LogP contribution < -0.4 is 0 Å². The van der Waals surface area contributed by atoms with Crippen LogP contribution in [0.5, 0.6) is 0 Å². The molecular weight excluding hydrogens is 274 g/mol. The molecule has 2 rings (SSSR count). The number of piperidine rings is 1. The molecule has 0 amide bonds. The van der Waals surface area contributed by atoms with Crippen LogP contribution in [0.25, 0.3) is 0 Å². The molecule has 0 bridgehead atoms. The molecule has 5 nitrogen and oxygen atoms in total. The van der Waals surface area contributed by atoms with Gasteiger partial charge in [0.1, 0.15) is 6.04 Å². The summed E-state index contributed by atoms with van der Waals surface area (Å²) in [7, 11) is -3.68. The lowest BCUT2D eigenvalue weighted by atomic mass is 10.1. The van der Waals surface area contributed by atoms with E-state index in [9.17, 15) is 8.42 Å². The van der Waals surface area contributed by atoms with Crippen LogP contribution in [0.15, 0.2) is 23.1 Å². The van der Waals surface area contributed by atoms with E-state index < -0.39 is 16.1 Å². The SMILES string of the molecule is Cc1cc(C#N)ccc1S(=O)(=O)N1CCCCC1C#N. The second kappa shape index (κ2) is 5.62. The number of hydrogen-bond acceptors (Lipinski definition) is 4. The highest BCUT2D eigenvalue weighted by atomic mass is 32.2. The summed E-state index contributed by atoms with van der Waals surface area (Å²) in [6, 6.07) is 7.95. The van der Waals surface area contributed by atoms with E-state index in [0.717, 1.165) is 12.8 Å². The lowest BCUT2D eigenvalue weighted by molar-refractivity contribution is 0.297. The molecule has 104 valence electrons. The summed E-state index contributed by atoms with van der Waals surface area (Å²) in [5, 5.41) is 18.0. The molecular formula is C14H15N3O2S. The Morgan fingerprint density at radius 2 is 2.05 bits per heavy atom. The van der Waals surface area contributed by atoms with E-state index in [1.807, 2.05) is 6.07 Å². The van der Waals surface area contributed by atoms with Crippen molar-refractivity contribution in [3.8, 4) is 12.1 Å². The summed E-state index contributed by atoms with van der Waals surface area (Å²) < 4.78 is 26.6. The quantitative estimate of drug-likeness (QED) is 0.832. The zero-order chi connectivity index (χ0) is 14.8. The molecule has 1 aromatic carbocycles. The van der Waals surface area contributed by atoms with Crippen LogP contribution in [0.3, 0.4) is 0 Å². The van der Waals surface area contributed by atoms with E-state index in [1.165, 1.54) is 16.4 Å². The second-order valence-corrected chi connectivity index (χ2v) is 6.71. The smallest absolute Gasteiger partial charge is 0.207 e. The van der Waals surface area contributed by atoms with Crippen molar-refractivity contribution in [2.45, 2.75) is 37.1 Å². The van der Waals surface area contributed by atoms with E-state index in [2.05, 4.69) is 6.07 Å². The Labute approximate surface area is 119 Å². The first-order chi connectivity index (χ1) is 9.50. The molecule has 1 aliphatic rings. The standard InChI is InChI=1S/C14H15N3O2S/c1-11-8-12(9-15)5-6-14(11)20(18,19)17-7-3-2-4-13(17)10-16/h5-6,8,13H,2-4,7H2,1H3. The second-order valence-electron chi connectivity index (χ2n) is 4.85. The van der Waals surface area contributed by atoms with Crippen molar-refractivity contribution >= 4 is 10.0 Å². The largest absolute Gasteiger partial charge is 0.244 e. The van der Waals surface area contributed by atoms with Gasteiger partial charge in [0.2, 0.25) is 10.0 Å². The van der Waals surface area contributed by atoms with Gasteiger partial charge in [-0.15, -0.1) is 0 Å². The Morgan fingerprint density at radius 1 is 1.30 bits per heavy atom. The first-order valence-electron chi connectivity index (χ1n) is 6.43. The van der Waals surface area contributed by atoms with Crippen molar-refractivity contribution in [3.05, 3.63) is 29.3 Å². The third-order valence-corrected chi connectivity index (χ3v) is 5.56. The van der Waals surface area contributed by atoms with Gasteiger partial charge in [0, 0.05) is 6.54 Å². The van der Waals surface area contributed by atoms with E-state index >= 15 is 0 Å². The van der Waals surface area contributed by atoms with E-state index in [0.29, 0.717) is 24.1 Å². The van der Waals surface area contributed by atoms with Gasteiger partial charge in [-0.25, -0.2) is 8.42 Å². The molecule has 1 fully saturated rings. The highest BCUT2D eigenvalue weighted by Gasteiger charge is 2.34. The van der Waals surface area contributed by atoms with Crippen molar-refractivity contribution in [3.63, 3.8) is 0 Å². The zero-order valence-electron chi connectivity index (χ0n) is 11.2. The summed E-state index contributed by atoms with van der Waals surface area (Å²) in [6.45, 7) is 2.04. The van der Waals surface area contributed by atoms with Gasteiger partial charge in [-0.3, -0.25) is 0 Å². The number of benzene rings is 1. The molecule has 0 saturated carbocycles. The molecule has 0 radical (unpaired) electrons. The van der Waals surface area contributed by atoms with E-state index in [1.54, 1.807) is 13.0 Å². The van der Waals surface area contributed by atoms with Gasteiger partial charge in [0.15, 0.2) is 0 Å². The number of nitrogens with zero attached hydrogens (tertiary/aromatic N) is 3. The Hall–Kier alpha value is -1.89. The molecule has 1 aromatic rings. The Balaban J connectivity index is 2.45. The maximum atomic E-state index is 12.7. The number of aryl methyl sites for hydroxylation is 1. The number of sulfonamides is 1. The van der Waals surface area contributed by atoms with Gasteiger partial charge in [0.05, 0.1) is 22.6 Å². The average molecular weight is 289 g/mol. The maximum absolute atomic E-state index is 12.7. The fourth-order valence-corrected chi connectivity index (χ4v) is 4.27. The molecule has 1 saturated heterocycles. The molecule has 0 spiro atoms. The lowest BCUT2D eigenvalue weighted by Crippen LogP contribution is -2.43. The first-order valence-corrected chi connectivity index (χ1v) is 7.87. The molecule has 1 unspecified atom stereocenters. The Morgan fingerprint density at radius 3 is 2.65 bits per heavy atom. The zero-order valence-corrected chi connectivity index (χ0v) is 12.0. The number of hydrogen-bond donors (Lipinski definition) is 0. The topological polar surface area (TPSA) is 85.0 Å². The van der Waals surface area contributed by atoms with Gasteiger partial charge in [-0.2, -0.15) is 14.8 Å². The van der Waals surface area contributed by atoms with Crippen molar-refractivity contribution in [2.75, 3.05) is 6.54 Å². The number of rotatable bonds is 2. The monoisotopic (exact) mass is 289 g/mol. The van der Waals surface area contributed by atoms with Gasteiger partial charge in [0.25, 0.3) is 0 Å². The van der Waals surface area contributed by atoms with Crippen LogP contribution in [-0.2, 0) is 10.0 Å². The molecule has 20 heavy (non-hydrogen) atoms. The highest BCUT2D eigenvalue weighted by Crippen LogP contribution is 2.27. The molecule has 0 N–H and O–H groups in total. The molecule has 6 heteroatoms. The van der Waals surface area contributed by atoms with Crippen LogP contribution in [-0.4, -0.2) is 25.3 Å². The van der Waals surface area contributed by atoms with Crippen molar-refractivity contribution < 1.29 is 8.42 Å². The van der Waals surface area contributed by atoms with Crippen LogP contribution in [0.2, 0.25) is 0 Å². The minimum absolute atomic E-state index is 0.179. The summed E-state index contributed by atoms with van der Waals surface area (Å²) >= 11 is 0. The minimum Gasteiger partial charge on any atom is -0.207 e. The summed E-state index contributed by atoms with van der Waals surface area (Å²) in [5.74, 6) is 0. The predicted molar refractivity (Wildman–Crippen MR) is 73.0 cm³/mol. The highest BCUT2D eigenvalue weighted by molar-refractivity contribution is 7.89. The Kier molecular flexibility index (Phi) is 4.08. The fraction of sp³-hybridized carbons (Fsp3) is 0.429. The fourth-order valence-electron chi connectivity index (χ4n) is 2.46. The molecule has 1 atom stereocenters. The maximum Gasteiger partial charge on any atom is 0.244 e. The minimum atomic E-state index is -3.68. The van der Waals surface area contributed by atoms with Crippen molar-refractivity contribution in [1.29, 1.82) is 10.5 Å². The lowest BCUT2D eigenvalue weighted by Gasteiger charge is -2.30. The van der Waals surface area contributed by atoms with Crippen LogP contribution >= 0.6 is 0 Å². The average Bonchev–Trinajstić information content (AvgIpc) is 2.46. The van der Waals surface area contributed by atoms with Gasteiger partial charge in [-0.1, -0.05) is 0 Å². The van der Waals surface area contributed by atoms with Gasteiger partial charge >= 0.3 is 0 Å². The third kappa shape index (κ3) is 2.53. The molecule has 1 aliphatic heterocycles. The summed E-state index contributed by atoms with van der Waals surface area (Å²) in [5.41, 5.74) is 0.961.